The predicted molar refractivity (Wildman–Crippen MR) is 162 cm³/mol. The number of nitrogens with zero attached hydrogens (tertiary/aromatic N) is 2. The van der Waals surface area contributed by atoms with Crippen LogP contribution in [0.4, 0.5) is 9.59 Å². The van der Waals surface area contributed by atoms with Crippen LogP contribution >= 0.6 is 0 Å². The van der Waals surface area contributed by atoms with Gasteiger partial charge < -0.3 is 29.2 Å². The molecule has 0 aliphatic rings. The van der Waals surface area contributed by atoms with Crippen LogP contribution in [0.1, 0.15) is 109 Å². The highest BCUT2D eigenvalue weighted by Gasteiger charge is 2.26. The topological polar surface area (TPSA) is 152 Å². The van der Waals surface area contributed by atoms with E-state index < -0.39 is 47.5 Å². The molecular weight excluding hydrogens is 548 g/mol. The minimum atomic E-state index is -1.22. The van der Waals surface area contributed by atoms with Crippen LogP contribution in [0.3, 0.4) is 0 Å². The fourth-order valence-corrected chi connectivity index (χ4v) is 3.04. The van der Waals surface area contributed by atoms with E-state index in [0.717, 1.165) is 0 Å². The summed E-state index contributed by atoms with van der Waals surface area (Å²) in [7, 11) is 0. The maximum Gasteiger partial charge on any atom is 0.410 e. The zero-order chi connectivity index (χ0) is 33.5. The molecule has 0 aliphatic carbocycles. The van der Waals surface area contributed by atoms with Crippen LogP contribution in [0, 0.1) is 0 Å². The Morgan fingerprint density at radius 1 is 0.619 bits per heavy atom. The largest absolute Gasteiger partial charge is 0.464 e. The van der Waals surface area contributed by atoms with E-state index in [-0.39, 0.29) is 39.1 Å². The van der Waals surface area contributed by atoms with E-state index in [4.69, 9.17) is 18.9 Å². The molecule has 0 aromatic carbocycles. The first-order chi connectivity index (χ1) is 19.5. The first-order valence-corrected chi connectivity index (χ1v) is 15.1. The molecule has 0 saturated heterocycles. The normalized spacial score (nSPS) is 12.2. The Balaban J connectivity index is -0.00000363. The molecule has 12 nitrogen and oxygen atoms in total. The lowest BCUT2D eigenvalue weighted by molar-refractivity contribution is -0.148. The highest BCUT2D eigenvalue weighted by Crippen LogP contribution is 2.12. The van der Waals surface area contributed by atoms with Crippen molar-refractivity contribution >= 4 is 24.1 Å². The van der Waals surface area contributed by atoms with Crippen LogP contribution in [0.2, 0.25) is 0 Å². The van der Waals surface area contributed by atoms with Gasteiger partial charge >= 0.3 is 24.1 Å². The number of amides is 2. The number of ether oxygens (including phenoxy) is 4. The molecule has 0 spiro atoms. The van der Waals surface area contributed by atoms with Gasteiger partial charge in [0.2, 0.25) is 0 Å². The molecular formula is C30H60N2O10. The zero-order valence-corrected chi connectivity index (χ0v) is 28.3. The van der Waals surface area contributed by atoms with Gasteiger partial charge in [-0.2, -0.15) is 0 Å². The van der Waals surface area contributed by atoms with E-state index in [0.29, 0.717) is 25.9 Å². The van der Waals surface area contributed by atoms with Gasteiger partial charge in [-0.3, -0.25) is 19.4 Å². The summed E-state index contributed by atoms with van der Waals surface area (Å²) >= 11 is 0. The average Bonchev–Trinajstić information content (AvgIpc) is 2.88. The third-order valence-corrected chi connectivity index (χ3v) is 4.73. The summed E-state index contributed by atoms with van der Waals surface area (Å²) < 4.78 is 20.8. The van der Waals surface area contributed by atoms with Crippen molar-refractivity contribution in [3.63, 3.8) is 0 Å². The van der Waals surface area contributed by atoms with E-state index >= 15 is 0 Å². The fraction of sp³-hybridized carbons (Fsp3) is 0.867. The Bertz CT molecular complexity index is 685. The van der Waals surface area contributed by atoms with Gasteiger partial charge in [0.25, 0.3) is 0 Å². The molecule has 250 valence electrons. The fourth-order valence-electron chi connectivity index (χ4n) is 3.04. The van der Waals surface area contributed by atoms with E-state index in [1.807, 2.05) is 41.5 Å². The molecule has 0 radical (unpaired) electrons. The zero-order valence-electron chi connectivity index (χ0n) is 28.3. The van der Waals surface area contributed by atoms with Crippen LogP contribution in [-0.2, 0) is 28.5 Å². The Kier molecular flexibility index (Phi) is 25.0. The molecule has 0 heterocycles. The third-order valence-electron chi connectivity index (χ3n) is 4.73. The Labute approximate surface area is 254 Å². The van der Waals surface area contributed by atoms with Gasteiger partial charge in [-0.1, -0.05) is 41.5 Å². The standard InChI is InChI=1S/C26H48N2O10.2C2H6/c1-9-13-27(23(33)37-25(3,4)5)17-21(31)35-15-11-19(29)20(30)12-16-36-22(32)18-28(14-10-2)24(34)38-26(6,7)8;2*1-2/h19-20,29-30H,9-18H2,1-8H3;2*1-2H3. The number of esters is 2. The summed E-state index contributed by atoms with van der Waals surface area (Å²) in [5.74, 6) is -1.33. The van der Waals surface area contributed by atoms with Gasteiger partial charge in [-0.05, 0) is 54.4 Å². The van der Waals surface area contributed by atoms with Crippen molar-refractivity contribution in [3.8, 4) is 0 Å². The van der Waals surface area contributed by atoms with Gasteiger partial charge in [-0.15, -0.1) is 0 Å². The monoisotopic (exact) mass is 608 g/mol. The van der Waals surface area contributed by atoms with Crippen molar-refractivity contribution in [2.24, 2.45) is 0 Å². The van der Waals surface area contributed by atoms with Crippen LogP contribution in [0.25, 0.3) is 0 Å². The van der Waals surface area contributed by atoms with Crippen molar-refractivity contribution in [1.29, 1.82) is 0 Å². The number of carbonyl (C=O) groups is 4. The SMILES string of the molecule is CC.CC.CCCN(CC(=O)OCCC(O)C(O)CCOC(=O)CN(CCC)C(=O)OC(C)(C)C)C(=O)OC(C)(C)C. The predicted octanol–water partition coefficient (Wildman–Crippen LogP) is 4.92. The van der Waals surface area contributed by atoms with Crippen molar-refractivity contribution in [2.45, 2.75) is 132 Å². The van der Waals surface area contributed by atoms with Crippen molar-refractivity contribution in [2.75, 3.05) is 39.4 Å². The van der Waals surface area contributed by atoms with E-state index in [1.165, 1.54) is 9.80 Å². The average molecular weight is 609 g/mol. The van der Waals surface area contributed by atoms with Crippen LogP contribution in [0.15, 0.2) is 0 Å². The van der Waals surface area contributed by atoms with Gasteiger partial charge in [-0.25, -0.2) is 9.59 Å². The molecule has 0 aromatic heterocycles. The van der Waals surface area contributed by atoms with Crippen molar-refractivity contribution in [1.82, 2.24) is 9.80 Å². The number of aliphatic hydroxyl groups is 2. The molecule has 0 saturated carbocycles. The lowest BCUT2D eigenvalue weighted by atomic mass is 10.1. The Hall–Kier alpha value is -2.60. The van der Waals surface area contributed by atoms with Gasteiger partial charge in [0, 0.05) is 25.9 Å². The number of hydrogen-bond acceptors (Lipinski definition) is 10. The lowest BCUT2D eigenvalue weighted by Crippen LogP contribution is -2.41. The van der Waals surface area contributed by atoms with E-state index in [1.54, 1.807) is 41.5 Å². The molecule has 2 atom stereocenters. The first kappa shape index (κ1) is 43.8. The minimum absolute atomic E-state index is 0.0516. The molecule has 0 rings (SSSR count). The molecule has 0 aromatic rings. The molecule has 42 heavy (non-hydrogen) atoms. The highest BCUT2D eigenvalue weighted by atomic mass is 16.6. The maximum absolute atomic E-state index is 12.2. The minimum Gasteiger partial charge on any atom is -0.464 e. The van der Waals surface area contributed by atoms with Crippen LogP contribution < -0.4 is 0 Å². The summed E-state index contributed by atoms with van der Waals surface area (Å²) in [6.07, 6.45) is -2.54. The molecule has 0 bridgehead atoms. The lowest BCUT2D eigenvalue weighted by Gasteiger charge is -2.26. The second-order valence-electron chi connectivity index (χ2n) is 11.0. The maximum atomic E-state index is 12.2. The van der Waals surface area contributed by atoms with Crippen LogP contribution in [0.5, 0.6) is 0 Å². The first-order valence-electron chi connectivity index (χ1n) is 15.1. The quantitative estimate of drug-likeness (QED) is 0.193. The third kappa shape index (κ3) is 24.0. The Morgan fingerprint density at radius 3 is 1.14 bits per heavy atom. The van der Waals surface area contributed by atoms with Crippen molar-refractivity contribution < 1.29 is 48.3 Å². The number of aliphatic hydroxyl groups excluding tert-OH is 2. The number of carbonyl (C=O) groups excluding carboxylic acids is 4. The molecule has 2 unspecified atom stereocenters. The summed E-state index contributed by atoms with van der Waals surface area (Å²) in [4.78, 5) is 51.3. The van der Waals surface area contributed by atoms with Gasteiger partial charge in [0.1, 0.15) is 24.3 Å². The molecule has 2 amide bonds. The molecule has 12 heteroatoms. The van der Waals surface area contributed by atoms with Crippen LogP contribution in [-0.4, -0.2) is 107 Å². The highest BCUT2D eigenvalue weighted by molar-refractivity contribution is 5.78. The second-order valence-corrected chi connectivity index (χ2v) is 11.0. The van der Waals surface area contributed by atoms with E-state index in [2.05, 4.69) is 0 Å². The summed E-state index contributed by atoms with van der Waals surface area (Å²) in [6.45, 7) is 21.8. The summed E-state index contributed by atoms with van der Waals surface area (Å²) in [6, 6.07) is 0. The molecule has 0 fully saturated rings. The number of hydrogen-bond donors (Lipinski definition) is 2. The molecule has 0 aliphatic heterocycles. The van der Waals surface area contributed by atoms with E-state index in [9.17, 15) is 29.4 Å². The Morgan fingerprint density at radius 2 is 0.905 bits per heavy atom. The summed E-state index contributed by atoms with van der Waals surface area (Å²) in [5.41, 5.74) is -1.40. The van der Waals surface area contributed by atoms with Crippen molar-refractivity contribution in [3.05, 3.63) is 0 Å². The van der Waals surface area contributed by atoms with Gasteiger partial charge in [0.15, 0.2) is 0 Å². The molecule has 2 N–H and O–H groups in total. The summed E-state index contributed by atoms with van der Waals surface area (Å²) in [5, 5.41) is 20.3. The second kappa shape index (κ2) is 23.9. The van der Waals surface area contributed by atoms with Gasteiger partial charge in [0.05, 0.1) is 25.4 Å². The number of rotatable bonds is 15. The smallest absolute Gasteiger partial charge is 0.410 e.